The van der Waals surface area contributed by atoms with E-state index in [9.17, 15) is 4.79 Å². The fourth-order valence-electron chi connectivity index (χ4n) is 2.36. The molecule has 0 spiro atoms. The summed E-state index contributed by atoms with van der Waals surface area (Å²) in [5.41, 5.74) is 2.57. The Bertz CT molecular complexity index is 763. The van der Waals surface area contributed by atoms with Crippen molar-refractivity contribution in [2.75, 3.05) is 27.1 Å². The molecule has 0 unspecified atom stereocenters. The van der Waals surface area contributed by atoms with Gasteiger partial charge in [-0.25, -0.2) is 9.97 Å². The maximum Gasteiger partial charge on any atom is 0.230 e. The van der Waals surface area contributed by atoms with Crippen molar-refractivity contribution in [2.45, 2.75) is 25.5 Å². The maximum atomic E-state index is 12.2. The molecule has 0 radical (unpaired) electrons. The zero-order valence-corrected chi connectivity index (χ0v) is 16.4. The fraction of sp³-hybridized carbons (Fsp3) is 0.389. The molecule has 1 heterocycles. The van der Waals surface area contributed by atoms with Crippen molar-refractivity contribution in [3.8, 4) is 17.2 Å². The van der Waals surface area contributed by atoms with Gasteiger partial charge in [-0.15, -0.1) is 0 Å². The summed E-state index contributed by atoms with van der Waals surface area (Å²) in [5.74, 6) is 1.89. The minimum absolute atomic E-state index is 0.116. The summed E-state index contributed by atoms with van der Waals surface area (Å²) >= 11 is 1.31. The van der Waals surface area contributed by atoms with Gasteiger partial charge in [-0.2, -0.15) is 0 Å². The zero-order valence-electron chi connectivity index (χ0n) is 15.6. The Morgan fingerprint density at radius 2 is 1.54 bits per heavy atom. The van der Waals surface area contributed by atoms with Gasteiger partial charge in [-0.1, -0.05) is 11.8 Å². The number of methoxy groups -OCH3 is 3. The molecule has 2 rings (SSSR count). The van der Waals surface area contributed by atoms with Crippen LogP contribution in [0.3, 0.4) is 0 Å². The van der Waals surface area contributed by atoms with E-state index in [2.05, 4.69) is 15.3 Å². The number of rotatable bonds is 8. The first-order valence-corrected chi connectivity index (χ1v) is 8.96. The lowest BCUT2D eigenvalue weighted by molar-refractivity contribution is -0.118. The third kappa shape index (κ3) is 5.26. The van der Waals surface area contributed by atoms with Gasteiger partial charge < -0.3 is 19.5 Å². The molecule has 2 aromatic rings. The monoisotopic (exact) mass is 377 g/mol. The highest BCUT2D eigenvalue weighted by Crippen LogP contribution is 2.34. The van der Waals surface area contributed by atoms with Gasteiger partial charge in [0.1, 0.15) is 5.75 Å². The predicted molar refractivity (Wildman–Crippen MR) is 100 cm³/mol. The molecule has 1 amide bonds. The molecule has 26 heavy (non-hydrogen) atoms. The number of thioether (sulfide) groups is 1. The zero-order chi connectivity index (χ0) is 19.1. The highest BCUT2D eigenvalue weighted by atomic mass is 32.2. The molecule has 0 aliphatic carbocycles. The van der Waals surface area contributed by atoms with E-state index in [-0.39, 0.29) is 11.7 Å². The van der Waals surface area contributed by atoms with Crippen LogP contribution in [-0.4, -0.2) is 43.0 Å². The van der Waals surface area contributed by atoms with E-state index < -0.39 is 0 Å². The first-order chi connectivity index (χ1) is 12.5. The quantitative estimate of drug-likeness (QED) is 0.559. The van der Waals surface area contributed by atoms with Gasteiger partial charge in [0.25, 0.3) is 0 Å². The molecule has 0 aliphatic rings. The van der Waals surface area contributed by atoms with Crippen LogP contribution in [0.5, 0.6) is 17.2 Å². The largest absolute Gasteiger partial charge is 0.496 e. The second-order valence-corrected chi connectivity index (χ2v) is 6.46. The molecule has 1 aromatic carbocycles. The molecule has 0 saturated carbocycles. The number of aromatic nitrogens is 2. The van der Waals surface area contributed by atoms with Crippen LogP contribution >= 0.6 is 11.8 Å². The van der Waals surface area contributed by atoms with Crippen LogP contribution < -0.4 is 19.5 Å². The van der Waals surface area contributed by atoms with Crippen molar-refractivity contribution in [2.24, 2.45) is 0 Å². The van der Waals surface area contributed by atoms with Crippen molar-refractivity contribution in [3.05, 3.63) is 35.2 Å². The molecule has 0 bridgehead atoms. The van der Waals surface area contributed by atoms with E-state index in [1.807, 2.05) is 19.9 Å². The number of benzene rings is 1. The van der Waals surface area contributed by atoms with Crippen molar-refractivity contribution < 1.29 is 19.0 Å². The first-order valence-electron chi connectivity index (χ1n) is 7.97. The number of nitrogens with one attached hydrogen (secondary N) is 1. The van der Waals surface area contributed by atoms with Crippen molar-refractivity contribution in [1.29, 1.82) is 0 Å². The summed E-state index contributed by atoms with van der Waals surface area (Å²) in [5, 5.41) is 3.47. The second kappa shape index (κ2) is 9.28. The fourth-order valence-corrected chi connectivity index (χ4v) is 3.14. The van der Waals surface area contributed by atoms with Crippen LogP contribution in [0, 0.1) is 13.8 Å². The normalized spacial score (nSPS) is 10.3. The van der Waals surface area contributed by atoms with E-state index in [0.29, 0.717) is 28.9 Å². The topological polar surface area (TPSA) is 82.6 Å². The second-order valence-electron chi connectivity index (χ2n) is 5.52. The summed E-state index contributed by atoms with van der Waals surface area (Å²) in [6.07, 6.45) is 0. The lowest BCUT2D eigenvalue weighted by Crippen LogP contribution is -2.25. The van der Waals surface area contributed by atoms with Crippen LogP contribution in [0.25, 0.3) is 0 Å². The summed E-state index contributed by atoms with van der Waals surface area (Å²) in [6.45, 7) is 4.13. The number of carbonyl (C=O) groups excluding carboxylic acids is 1. The van der Waals surface area contributed by atoms with E-state index in [4.69, 9.17) is 14.2 Å². The molecule has 1 N–H and O–H groups in total. The van der Waals surface area contributed by atoms with Gasteiger partial charge in [-0.05, 0) is 26.0 Å². The highest BCUT2D eigenvalue weighted by molar-refractivity contribution is 7.99. The molecule has 0 atom stereocenters. The molecule has 0 aliphatic heterocycles. The first kappa shape index (κ1) is 19.8. The molecule has 0 fully saturated rings. The molecule has 8 heteroatoms. The third-order valence-electron chi connectivity index (χ3n) is 3.56. The lowest BCUT2D eigenvalue weighted by atomic mass is 10.1. The Kier molecular flexibility index (Phi) is 7.08. The molecule has 7 nitrogen and oxygen atoms in total. The van der Waals surface area contributed by atoms with E-state index in [1.165, 1.54) is 11.8 Å². The standard InChI is InChI=1S/C18H23N3O4S/c1-11-6-12(2)21-18(20-11)26-10-17(22)19-9-13-7-15(24-4)16(25-5)8-14(13)23-3/h6-8H,9-10H2,1-5H3,(H,19,22). The van der Waals surface area contributed by atoms with Crippen LogP contribution in [0.2, 0.25) is 0 Å². The Morgan fingerprint density at radius 1 is 0.962 bits per heavy atom. The molecule has 1 aromatic heterocycles. The number of ether oxygens (including phenoxy) is 3. The number of nitrogens with zero attached hydrogens (tertiary/aromatic N) is 2. The lowest BCUT2D eigenvalue weighted by Gasteiger charge is -2.14. The number of hydrogen-bond acceptors (Lipinski definition) is 7. The van der Waals surface area contributed by atoms with Crippen molar-refractivity contribution in [1.82, 2.24) is 15.3 Å². The Hall–Kier alpha value is -2.48. The summed E-state index contributed by atoms with van der Waals surface area (Å²) in [7, 11) is 4.69. The predicted octanol–water partition coefficient (Wildman–Crippen LogP) is 2.53. The van der Waals surface area contributed by atoms with E-state index in [1.54, 1.807) is 33.5 Å². The number of carbonyl (C=O) groups is 1. The van der Waals surface area contributed by atoms with Gasteiger partial charge >= 0.3 is 0 Å². The van der Waals surface area contributed by atoms with E-state index in [0.717, 1.165) is 17.0 Å². The van der Waals surface area contributed by atoms with Crippen molar-refractivity contribution >= 4 is 17.7 Å². The van der Waals surface area contributed by atoms with Gasteiger partial charge in [0.15, 0.2) is 16.7 Å². The molecular weight excluding hydrogens is 354 g/mol. The number of amides is 1. The van der Waals surface area contributed by atoms with E-state index >= 15 is 0 Å². The Labute approximate surface area is 157 Å². The molecular formula is C18H23N3O4S. The summed E-state index contributed by atoms with van der Waals surface area (Å²) in [6, 6.07) is 5.42. The molecule has 0 saturated heterocycles. The van der Waals surface area contributed by atoms with Gasteiger partial charge in [0.2, 0.25) is 5.91 Å². The summed E-state index contributed by atoms with van der Waals surface area (Å²) in [4.78, 5) is 20.8. The van der Waals surface area contributed by atoms with Crippen molar-refractivity contribution in [3.63, 3.8) is 0 Å². The average Bonchev–Trinajstić information content (AvgIpc) is 2.63. The van der Waals surface area contributed by atoms with Crippen LogP contribution in [0.4, 0.5) is 0 Å². The smallest absolute Gasteiger partial charge is 0.230 e. The minimum atomic E-state index is -0.116. The minimum Gasteiger partial charge on any atom is -0.496 e. The molecule has 140 valence electrons. The van der Waals surface area contributed by atoms with Crippen LogP contribution in [-0.2, 0) is 11.3 Å². The Morgan fingerprint density at radius 3 is 2.12 bits per heavy atom. The number of hydrogen-bond donors (Lipinski definition) is 1. The van der Waals surface area contributed by atoms with Crippen LogP contribution in [0.15, 0.2) is 23.4 Å². The average molecular weight is 377 g/mol. The maximum absolute atomic E-state index is 12.2. The number of aryl methyl sites for hydroxylation is 2. The van der Waals surface area contributed by atoms with Crippen LogP contribution in [0.1, 0.15) is 17.0 Å². The van der Waals surface area contributed by atoms with Gasteiger partial charge in [0, 0.05) is 29.6 Å². The Balaban J connectivity index is 1.98. The van der Waals surface area contributed by atoms with Gasteiger partial charge in [0.05, 0.1) is 27.1 Å². The third-order valence-corrected chi connectivity index (χ3v) is 4.40. The summed E-state index contributed by atoms with van der Waals surface area (Å²) < 4.78 is 15.9. The van der Waals surface area contributed by atoms with Gasteiger partial charge in [-0.3, -0.25) is 4.79 Å². The SMILES string of the molecule is COc1cc(OC)c(OC)cc1CNC(=O)CSc1nc(C)cc(C)n1. The highest BCUT2D eigenvalue weighted by Gasteiger charge is 2.13.